The van der Waals surface area contributed by atoms with Crippen LogP contribution in [0.5, 0.6) is 11.5 Å². The van der Waals surface area contributed by atoms with Gasteiger partial charge in [0.2, 0.25) is 0 Å². The normalized spacial score (nSPS) is 10.3. The first kappa shape index (κ1) is 16.1. The van der Waals surface area contributed by atoms with Gasteiger partial charge in [-0.05, 0) is 56.2 Å². The van der Waals surface area contributed by atoms with Gasteiger partial charge in [-0.15, -0.1) is 0 Å². The zero-order valence-corrected chi connectivity index (χ0v) is 13.2. The molecule has 2 rings (SSSR count). The number of Topliss-reactive ketones (excluding diaryl/α,β-unsaturated/α-hetero) is 1. The summed E-state index contributed by atoms with van der Waals surface area (Å²) >= 11 is 0. The van der Waals surface area contributed by atoms with Crippen LogP contribution in [0.3, 0.4) is 0 Å². The summed E-state index contributed by atoms with van der Waals surface area (Å²) in [5.41, 5.74) is 1.96. The van der Waals surface area contributed by atoms with Crippen molar-refractivity contribution in [3.05, 3.63) is 59.7 Å². The molecule has 3 heteroatoms. The van der Waals surface area contributed by atoms with E-state index in [9.17, 15) is 4.79 Å². The number of aryl methyl sites for hydroxylation is 1. The maximum atomic E-state index is 12.0. The topological polar surface area (TPSA) is 35.5 Å². The minimum Gasteiger partial charge on any atom is -0.497 e. The highest BCUT2D eigenvalue weighted by atomic mass is 16.5. The smallest absolute Gasteiger partial charge is 0.162 e. The highest BCUT2D eigenvalue weighted by molar-refractivity contribution is 5.96. The van der Waals surface area contributed by atoms with Gasteiger partial charge in [0.25, 0.3) is 0 Å². The van der Waals surface area contributed by atoms with Gasteiger partial charge < -0.3 is 9.47 Å². The number of ether oxygens (including phenoxy) is 2. The molecule has 0 heterocycles. The molecule has 0 atom stereocenters. The molecule has 0 unspecified atom stereocenters. The lowest BCUT2D eigenvalue weighted by molar-refractivity contribution is 0.0978. The summed E-state index contributed by atoms with van der Waals surface area (Å²) in [4.78, 5) is 12.0. The number of hydrogen-bond donors (Lipinski definition) is 0. The van der Waals surface area contributed by atoms with E-state index in [1.54, 1.807) is 7.11 Å². The molecule has 0 aliphatic rings. The molecule has 22 heavy (non-hydrogen) atoms. The van der Waals surface area contributed by atoms with Gasteiger partial charge >= 0.3 is 0 Å². The van der Waals surface area contributed by atoms with Crippen LogP contribution in [0.2, 0.25) is 0 Å². The molecule has 2 aromatic carbocycles. The first-order valence-electron chi connectivity index (χ1n) is 7.56. The summed E-state index contributed by atoms with van der Waals surface area (Å²) in [6.45, 7) is 2.69. The van der Waals surface area contributed by atoms with Crippen molar-refractivity contribution in [1.82, 2.24) is 0 Å². The van der Waals surface area contributed by atoms with Gasteiger partial charge in [-0.3, -0.25) is 4.79 Å². The summed E-state index contributed by atoms with van der Waals surface area (Å²) in [6, 6.07) is 15.2. The van der Waals surface area contributed by atoms with Gasteiger partial charge in [0.1, 0.15) is 11.5 Å². The van der Waals surface area contributed by atoms with E-state index in [1.807, 2.05) is 48.5 Å². The molecule has 0 bridgehead atoms. The van der Waals surface area contributed by atoms with Crippen LogP contribution < -0.4 is 9.47 Å². The first-order valence-corrected chi connectivity index (χ1v) is 7.56. The van der Waals surface area contributed by atoms with Gasteiger partial charge in [-0.2, -0.15) is 0 Å². The average Bonchev–Trinajstić information content (AvgIpc) is 2.56. The molecule has 0 saturated carbocycles. The van der Waals surface area contributed by atoms with E-state index < -0.39 is 0 Å². The Morgan fingerprint density at radius 2 is 1.55 bits per heavy atom. The minimum absolute atomic E-state index is 0.165. The third kappa shape index (κ3) is 4.92. The zero-order valence-electron chi connectivity index (χ0n) is 13.2. The molecular weight excluding hydrogens is 276 g/mol. The molecule has 0 radical (unpaired) electrons. The molecule has 0 aliphatic carbocycles. The van der Waals surface area contributed by atoms with Crippen molar-refractivity contribution >= 4 is 5.78 Å². The number of benzene rings is 2. The second-order valence-corrected chi connectivity index (χ2v) is 5.27. The Morgan fingerprint density at radius 1 is 0.909 bits per heavy atom. The fourth-order valence-electron chi connectivity index (χ4n) is 2.13. The fourth-order valence-corrected chi connectivity index (χ4v) is 2.13. The maximum Gasteiger partial charge on any atom is 0.162 e. The minimum atomic E-state index is 0.165. The van der Waals surface area contributed by atoms with E-state index in [2.05, 4.69) is 6.92 Å². The Hall–Kier alpha value is -2.29. The Kier molecular flexibility index (Phi) is 6.01. The molecule has 0 aromatic heterocycles. The highest BCUT2D eigenvalue weighted by Gasteiger charge is 2.05. The lowest BCUT2D eigenvalue weighted by Gasteiger charge is -2.06. The van der Waals surface area contributed by atoms with E-state index in [0.717, 1.165) is 29.9 Å². The molecular formula is C19H22O3. The summed E-state index contributed by atoms with van der Waals surface area (Å²) in [6.07, 6.45) is 2.25. The molecule has 0 amide bonds. The Labute approximate surface area is 131 Å². The number of methoxy groups -OCH3 is 1. The molecule has 3 nitrogen and oxygen atoms in total. The van der Waals surface area contributed by atoms with Crippen LogP contribution in [0, 0.1) is 6.92 Å². The Morgan fingerprint density at radius 3 is 2.18 bits per heavy atom. The van der Waals surface area contributed by atoms with Crippen molar-refractivity contribution in [3.8, 4) is 11.5 Å². The third-order valence-electron chi connectivity index (χ3n) is 3.50. The molecule has 2 aromatic rings. The van der Waals surface area contributed by atoms with E-state index >= 15 is 0 Å². The van der Waals surface area contributed by atoms with Crippen LogP contribution in [0.4, 0.5) is 0 Å². The lowest BCUT2D eigenvalue weighted by Crippen LogP contribution is -2.02. The van der Waals surface area contributed by atoms with Crippen molar-refractivity contribution in [2.24, 2.45) is 0 Å². The van der Waals surface area contributed by atoms with Crippen LogP contribution in [0.1, 0.15) is 35.2 Å². The largest absolute Gasteiger partial charge is 0.497 e. The van der Waals surface area contributed by atoms with E-state index in [1.165, 1.54) is 5.56 Å². The molecule has 0 spiro atoms. The number of rotatable bonds is 8. The predicted octanol–water partition coefficient (Wildman–Crippen LogP) is 4.44. The summed E-state index contributed by atoms with van der Waals surface area (Å²) in [5, 5.41) is 0. The van der Waals surface area contributed by atoms with Crippen LogP contribution in [0.15, 0.2) is 48.5 Å². The summed E-state index contributed by atoms with van der Waals surface area (Å²) in [7, 11) is 1.62. The molecule has 116 valence electrons. The Bertz CT molecular complexity index is 585. The third-order valence-corrected chi connectivity index (χ3v) is 3.50. The summed E-state index contributed by atoms with van der Waals surface area (Å²) < 4.78 is 10.7. The van der Waals surface area contributed by atoms with E-state index in [0.29, 0.717) is 13.0 Å². The molecule has 0 aliphatic heterocycles. The number of unbranched alkanes of at least 4 members (excludes halogenated alkanes) is 1. The van der Waals surface area contributed by atoms with Gasteiger partial charge in [0, 0.05) is 12.0 Å². The first-order chi connectivity index (χ1) is 10.7. The number of hydrogen-bond acceptors (Lipinski definition) is 3. The van der Waals surface area contributed by atoms with Gasteiger partial charge in [0.15, 0.2) is 5.78 Å². The van der Waals surface area contributed by atoms with E-state index in [4.69, 9.17) is 9.47 Å². The zero-order chi connectivity index (χ0) is 15.8. The quantitative estimate of drug-likeness (QED) is 0.534. The van der Waals surface area contributed by atoms with Crippen LogP contribution in [-0.4, -0.2) is 19.5 Å². The average molecular weight is 298 g/mol. The van der Waals surface area contributed by atoms with Gasteiger partial charge in [-0.1, -0.05) is 17.7 Å². The fraction of sp³-hybridized carbons (Fsp3) is 0.316. The van der Waals surface area contributed by atoms with Crippen LogP contribution in [-0.2, 0) is 0 Å². The van der Waals surface area contributed by atoms with Crippen LogP contribution in [0.25, 0.3) is 0 Å². The number of carbonyl (C=O) groups is 1. The maximum absolute atomic E-state index is 12.0. The van der Waals surface area contributed by atoms with Crippen molar-refractivity contribution in [2.45, 2.75) is 26.2 Å². The van der Waals surface area contributed by atoms with Crippen molar-refractivity contribution in [1.29, 1.82) is 0 Å². The lowest BCUT2D eigenvalue weighted by atomic mass is 10.1. The number of carbonyl (C=O) groups excluding carboxylic acids is 1. The Balaban J connectivity index is 1.67. The van der Waals surface area contributed by atoms with Crippen molar-refractivity contribution in [3.63, 3.8) is 0 Å². The SMILES string of the molecule is COc1ccc(C(=O)CCCCOc2ccc(C)cc2)cc1. The molecule has 0 saturated heterocycles. The van der Waals surface area contributed by atoms with Gasteiger partial charge in [-0.25, -0.2) is 0 Å². The van der Waals surface area contributed by atoms with Crippen molar-refractivity contribution < 1.29 is 14.3 Å². The highest BCUT2D eigenvalue weighted by Crippen LogP contribution is 2.15. The second kappa shape index (κ2) is 8.23. The van der Waals surface area contributed by atoms with Crippen molar-refractivity contribution in [2.75, 3.05) is 13.7 Å². The summed E-state index contributed by atoms with van der Waals surface area (Å²) in [5.74, 6) is 1.81. The molecule has 0 N–H and O–H groups in total. The number of ketones is 1. The standard InChI is InChI=1S/C19H22O3/c1-15-6-10-18(11-7-15)22-14-4-3-5-19(20)16-8-12-17(21-2)13-9-16/h6-13H,3-5,14H2,1-2H3. The second-order valence-electron chi connectivity index (χ2n) is 5.27. The van der Waals surface area contributed by atoms with Crippen LogP contribution >= 0.6 is 0 Å². The predicted molar refractivity (Wildman–Crippen MR) is 87.8 cm³/mol. The monoisotopic (exact) mass is 298 g/mol. The van der Waals surface area contributed by atoms with Gasteiger partial charge in [0.05, 0.1) is 13.7 Å². The van der Waals surface area contributed by atoms with E-state index in [-0.39, 0.29) is 5.78 Å². The molecule has 0 fully saturated rings.